The van der Waals surface area contributed by atoms with Crippen molar-refractivity contribution in [1.29, 1.82) is 0 Å². The van der Waals surface area contributed by atoms with Crippen LogP contribution < -0.4 is 5.32 Å². The lowest BCUT2D eigenvalue weighted by molar-refractivity contribution is -0.121. The molecule has 1 aliphatic heterocycles. The van der Waals surface area contributed by atoms with Gasteiger partial charge in [0.25, 0.3) is 0 Å². The van der Waals surface area contributed by atoms with Crippen LogP contribution in [-0.4, -0.2) is 40.0 Å². The van der Waals surface area contributed by atoms with Gasteiger partial charge in [0.05, 0.1) is 0 Å². The predicted molar refractivity (Wildman–Crippen MR) is 106 cm³/mol. The summed E-state index contributed by atoms with van der Waals surface area (Å²) in [4.78, 5) is 19.2. The van der Waals surface area contributed by atoms with Crippen LogP contribution in [-0.2, 0) is 24.3 Å². The largest absolute Gasteiger partial charge is 0.353 e. The van der Waals surface area contributed by atoms with E-state index < -0.39 is 0 Å². The average Bonchev–Trinajstić information content (AvgIpc) is 3.15. The fraction of sp³-hybridized carbons (Fsp3) is 0.273. The molecule has 27 heavy (non-hydrogen) atoms. The molecule has 2 heterocycles. The molecular weight excluding hydrogens is 336 g/mol. The normalized spacial score (nSPS) is 16.7. The lowest BCUT2D eigenvalue weighted by Crippen LogP contribution is -2.46. The van der Waals surface area contributed by atoms with Crippen LogP contribution in [0.4, 0.5) is 0 Å². The number of likely N-dealkylation sites (N-methyl/N-ethyl adjacent to an activating group) is 1. The Balaban J connectivity index is 1.37. The van der Waals surface area contributed by atoms with Crippen molar-refractivity contribution >= 4 is 5.91 Å². The molecule has 1 aliphatic rings. The molecule has 0 bridgehead atoms. The van der Waals surface area contributed by atoms with E-state index in [9.17, 15) is 4.79 Å². The number of rotatable bonds is 5. The summed E-state index contributed by atoms with van der Waals surface area (Å²) in [7, 11) is 2.12. The van der Waals surface area contributed by atoms with E-state index in [2.05, 4.69) is 46.5 Å². The number of hydrogen-bond donors (Lipinski definition) is 1. The number of fused-ring (bicyclic) bond motifs is 1. The Morgan fingerprint density at radius 2 is 1.85 bits per heavy atom. The Morgan fingerprint density at radius 3 is 2.67 bits per heavy atom. The van der Waals surface area contributed by atoms with Crippen molar-refractivity contribution in [3.63, 3.8) is 0 Å². The number of nitrogens with one attached hydrogen (secondary N) is 1. The molecule has 5 nitrogen and oxygen atoms in total. The van der Waals surface area contributed by atoms with Gasteiger partial charge in [-0.3, -0.25) is 9.69 Å². The van der Waals surface area contributed by atoms with Crippen LogP contribution in [0.2, 0.25) is 0 Å². The van der Waals surface area contributed by atoms with E-state index in [1.54, 1.807) is 6.20 Å². The molecule has 1 N–H and O–H groups in total. The zero-order valence-corrected chi connectivity index (χ0v) is 15.5. The zero-order valence-electron chi connectivity index (χ0n) is 15.5. The topological polar surface area (TPSA) is 50.2 Å². The average molecular weight is 360 g/mol. The first-order valence-electron chi connectivity index (χ1n) is 9.31. The highest BCUT2D eigenvalue weighted by molar-refractivity contribution is 5.76. The van der Waals surface area contributed by atoms with Crippen LogP contribution in [0.25, 0.3) is 11.4 Å². The number of aromatic nitrogens is 2. The monoisotopic (exact) mass is 360 g/mol. The Bertz CT molecular complexity index is 919. The Morgan fingerprint density at radius 1 is 1.11 bits per heavy atom. The van der Waals surface area contributed by atoms with Gasteiger partial charge in [-0.1, -0.05) is 54.6 Å². The van der Waals surface area contributed by atoms with Gasteiger partial charge in [0.2, 0.25) is 5.91 Å². The van der Waals surface area contributed by atoms with Crippen LogP contribution in [0.15, 0.2) is 67.0 Å². The van der Waals surface area contributed by atoms with E-state index >= 15 is 0 Å². The Hall–Kier alpha value is -2.92. The van der Waals surface area contributed by atoms with E-state index in [-0.39, 0.29) is 12.5 Å². The van der Waals surface area contributed by atoms with Crippen LogP contribution >= 0.6 is 0 Å². The second-order valence-corrected chi connectivity index (χ2v) is 7.09. The zero-order chi connectivity index (χ0) is 18.6. The minimum atomic E-state index is 0.0115. The Kier molecular flexibility index (Phi) is 5.03. The van der Waals surface area contributed by atoms with Crippen LogP contribution in [0.5, 0.6) is 0 Å². The molecule has 0 saturated heterocycles. The molecule has 2 aromatic carbocycles. The minimum absolute atomic E-state index is 0.0115. The molecule has 1 unspecified atom stereocenters. The number of amides is 1. The molecule has 4 rings (SSSR count). The van der Waals surface area contributed by atoms with E-state index in [4.69, 9.17) is 0 Å². The van der Waals surface area contributed by atoms with Crippen molar-refractivity contribution in [3.8, 4) is 11.4 Å². The molecular formula is C22H24N4O. The van der Waals surface area contributed by atoms with Gasteiger partial charge in [-0.05, 0) is 24.6 Å². The summed E-state index contributed by atoms with van der Waals surface area (Å²) in [5.74, 6) is 0.826. The van der Waals surface area contributed by atoms with Gasteiger partial charge in [0.15, 0.2) is 0 Å². The second-order valence-electron chi connectivity index (χ2n) is 7.09. The number of nitrogens with zero attached hydrogens (tertiary/aromatic N) is 3. The summed E-state index contributed by atoms with van der Waals surface area (Å²) in [6.07, 6.45) is 4.56. The highest BCUT2D eigenvalue weighted by Crippen LogP contribution is 2.21. The third-order valence-electron chi connectivity index (χ3n) is 5.21. The summed E-state index contributed by atoms with van der Waals surface area (Å²) >= 11 is 0. The van der Waals surface area contributed by atoms with Gasteiger partial charge in [-0.2, -0.15) is 0 Å². The molecule has 0 radical (unpaired) electrons. The highest BCUT2D eigenvalue weighted by Gasteiger charge is 2.23. The number of carbonyl (C=O) groups is 1. The molecule has 5 heteroatoms. The quantitative estimate of drug-likeness (QED) is 0.761. The van der Waals surface area contributed by atoms with Gasteiger partial charge in [0.1, 0.15) is 12.4 Å². The maximum atomic E-state index is 12.5. The molecule has 0 aliphatic carbocycles. The summed E-state index contributed by atoms with van der Waals surface area (Å²) < 4.78 is 1.89. The van der Waals surface area contributed by atoms with Crippen molar-refractivity contribution in [2.75, 3.05) is 13.6 Å². The van der Waals surface area contributed by atoms with Gasteiger partial charge in [-0.25, -0.2) is 4.98 Å². The van der Waals surface area contributed by atoms with Crippen LogP contribution in [0.1, 0.15) is 11.1 Å². The molecule has 3 aromatic rings. The third kappa shape index (κ3) is 3.93. The lowest BCUT2D eigenvalue weighted by atomic mass is 9.94. The van der Waals surface area contributed by atoms with E-state index in [1.807, 2.05) is 41.1 Å². The molecule has 0 spiro atoms. The van der Waals surface area contributed by atoms with Crippen molar-refractivity contribution < 1.29 is 4.79 Å². The summed E-state index contributed by atoms with van der Waals surface area (Å²) in [5, 5.41) is 3.10. The van der Waals surface area contributed by atoms with Crippen molar-refractivity contribution in [3.05, 3.63) is 78.1 Å². The maximum absolute atomic E-state index is 12.5. The van der Waals surface area contributed by atoms with E-state index in [0.717, 1.165) is 24.4 Å². The number of hydrogen-bond acceptors (Lipinski definition) is 3. The van der Waals surface area contributed by atoms with Crippen molar-refractivity contribution in [2.45, 2.75) is 25.6 Å². The molecule has 1 amide bonds. The number of imidazole rings is 1. The standard InChI is InChI=1S/C22H24N4O/c1-25-15-19-10-6-5-9-18(19)13-20(25)14-24-21(27)16-26-12-11-23-22(26)17-7-3-2-4-8-17/h2-12,20H,13-16H2,1H3,(H,24,27). The summed E-state index contributed by atoms with van der Waals surface area (Å²) in [6.45, 7) is 1.85. The lowest BCUT2D eigenvalue weighted by Gasteiger charge is -2.34. The maximum Gasteiger partial charge on any atom is 0.240 e. The minimum Gasteiger partial charge on any atom is -0.353 e. The first kappa shape index (κ1) is 17.5. The molecule has 1 aromatic heterocycles. The van der Waals surface area contributed by atoms with Crippen molar-refractivity contribution in [1.82, 2.24) is 19.8 Å². The molecule has 0 fully saturated rings. The van der Waals surface area contributed by atoms with Gasteiger partial charge >= 0.3 is 0 Å². The Labute approximate surface area is 159 Å². The fourth-order valence-electron chi connectivity index (χ4n) is 3.67. The first-order valence-corrected chi connectivity index (χ1v) is 9.31. The third-order valence-corrected chi connectivity index (χ3v) is 5.21. The van der Waals surface area contributed by atoms with Gasteiger partial charge in [-0.15, -0.1) is 0 Å². The number of benzene rings is 2. The van der Waals surface area contributed by atoms with E-state index in [0.29, 0.717) is 12.6 Å². The highest BCUT2D eigenvalue weighted by atomic mass is 16.1. The van der Waals surface area contributed by atoms with Gasteiger partial charge < -0.3 is 9.88 Å². The summed E-state index contributed by atoms with van der Waals surface area (Å²) in [5.41, 5.74) is 3.78. The first-order chi connectivity index (χ1) is 13.2. The number of carbonyl (C=O) groups excluding carboxylic acids is 1. The van der Waals surface area contributed by atoms with Crippen LogP contribution in [0, 0.1) is 0 Å². The predicted octanol–water partition coefficient (Wildman–Crippen LogP) is 2.72. The van der Waals surface area contributed by atoms with E-state index in [1.165, 1.54) is 11.1 Å². The molecule has 0 saturated carbocycles. The van der Waals surface area contributed by atoms with Crippen molar-refractivity contribution in [2.24, 2.45) is 0 Å². The molecule has 138 valence electrons. The fourth-order valence-corrected chi connectivity index (χ4v) is 3.67. The smallest absolute Gasteiger partial charge is 0.240 e. The molecule has 1 atom stereocenters. The second kappa shape index (κ2) is 7.76. The van der Waals surface area contributed by atoms with Gasteiger partial charge in [0, 0.05) is 37.1 Å². The SMILES string of the molecule is CN1Cc2ccccc2CC1CNC(=O)Cn1ccnc1-c1ccccc1. The van der Waals surface area contributed by atoms with Crippen LogP contribution in [0.3, 0.4) is 0 Å². The summed E-state index contributed by atoms with van der Waals surface area (Å²) in [6, 6.07) is 18.8.